The predicted molar refractivity (Wildman–Crippen MR) is 256 cm³/mol. The summed E-state index contributed by atoms with van der Waals surface area (Å²) in [5.41, 5.74) is 16.2. The summed E-state index contributed by atoms with van der Waals surface area (Å²) in [7, 11) is 0. The second-order valence-corrected chi connectivity index (χ2v) is 15.9. The topological polar surface area (TPSA) is 38.7 Å². The van der Waals surface area contributed by atoms with Gasteiger partial charge in [0.1, 0.15) is 0 Å². The Hall–Kier alpha value is -8.01. The number of benzene rings is 9. The van der Waals surface area contributed by atoms with E-state index < -0.39 is 0 Å². The van der Waals surface area contributed by atoms with E-state index in [9.17, 15) is 0 Å². The van der Waals surface area contributed by atoms with Gasteiger partial charge in [0, 0.05) is 22.6 Å². The summed E-state index contributed by atoms with van der Waals surface area (Å²) in [6, 6.07) is 79.7. The highest BCUT2D eigenvalue weighted by molar-refractivity contribution is 6.03. The monoisotopic (exact) mass is 791 g/mol. The Bertz CT molecular complexity index is 3160. The van der Waals surface area contributed by atoms with Crippen molar-refractivity contribution < 1.29 is 0 Å². The molecule has 0 spiro atoms. The molecular formula is C59H41N3. The first kappa shape index (κ1) is 37.0. The summed E-state index contributed by atoms with van der Waals surface area (Å²) in [5, 5.41) is 2.51. The van der Waals surface area contributed by atoms with Crippen molar-refractivity contribution in [1.82, 2.24) is 15.0 Å². The highest BCUT2D eigenvalue weighted by Crippen LogP contribution is 2.46. The first-order chi connectivity index (χ1) is 30.7. The molecule has 0 saturated carbocycles. The average Bonchev–Trinajstić information content (AvgIpc) is 3.37. The van der Waals surface area contributed by atoms with Gasteiger partial charge in [-0.1, -0.05) is 206 Å². The molecule has 292 valence electrons. The van der Waals surface area contributed by atoms with Crippen molar-refractivity contribution in [3.63, 3.8) is 0 Å². The van der Waals surface area contributed by atoms with Crippen molar-refractivity contribution in [2.75, 3.05) is 0 Å². The number of nitrogens with zero attached hydrogens (tertiary/aromatic N) is 3. The Balaban J connectivity index is 1.05. The third-order valence-electron chi connectivity index (χ3n) is 12.1. The molecule has 1 aliphatic carbocycles. The molecule has 1 aliphatic rings. The van der Waals surface area contributed by atoms with Gasteiger partial charge in [-0.2, -0.15) is 0 Å². The highest BCUT2D eigenvalue weighted by atomic mass is 15.0. The third-order valence-corrected chi connectivity index (χ3v) is 12.1. The van der Waals surface area contributed by atoms with Gasteiger partial charge in [0.2, 0.25) is 0 Å². The smallest absolute Gasteiger partial charge is 0.164 e. The molecule has 0 amide bonds. The second kappa shape index (κ2) is 16.2. The van der Waals surface area contributed by atoms with Gasteiger partial charge in [-0.3, -0.25) is 0 Å². The lowest BCUT2D eigenvalue weighted by Crippen LogP contribution is -2.12. The van der Waals surface area contributed by atoms with Crippen molar-refractivity contribution in [1.29, 1.82) is 0 Å². The fourth-order valence-electron chi connectivity index (χ4n) is 9.00. The van der Waals surface area contributed by atoms with Crippen molar-refractivity contribution in [3.05, 3.63) is 253 Å². The van der Waals surface area contributed by atoms with E-state index in [1.54, 1.807) is 0 Å². The van der Waals surface area contributed by atoms with Crippen LogP contribution in [-0.2, 0) is 6.42 Å². The Morgan fingerprint density at radius 3 is 1.35 bits per heavy atom. The Morgan fingerprint density at radius 2 is 0.774 bits per heavy atom. The molecule has 10 aromatic rings. The summed E-state index contributed by atoms with van der Waals surface area (Å²) < 4.78 is 0. The summed E-state index contributed by atoms with van der Waals surface area (Å²) >= 11 is 0. The van der Waals surface area contributed by atoms with Crippen LogP contribution in [-0.4, -0.2) is 15.0 Å². The van der Waals surface area contributed by atoms with Crippen LogP contribution >= 0.6 is 0 Å². The van der Waals surface area contributed by atoms with Crippen LogP contribution in [0, 0.1) is 0 Å². The van der Waals surface area contributed by atoms with Gasteiger partial charge in [0.05, 0.1) is 0 Å². The van der Waals surface area contributed by atoms with Crippen molar-refractivity contribution in [3.8, 4) is 67.5 Å². The normalized spacial score (nSPS) is 13.4. The first-order valence-corrected chi connectivity index (χ1v) is 21.3. The standard InChI is InChI=1S/C59H41N3/c1-6-18-40(19-7-1)48-34-49(41-20-8-2-9-21-41)36-51(35-48)59-61-57(45-26-14-5-15-27-45)60-58(62-59)46-32-30-44(31-33-46)53-37-47-28-16-17-29-52(47)56-54(43-24-12-4-13-25-43)38-50(39-55(53)56)42-22-10-3-11-23-42/h1-38,50H,39H2. The van der Waals surface area contributed by atoms with Crippen LogP contribution < -0.4 is 0 Å². The maximum absolute atomic E-state index is 5.24. The minimum atomic E-state index is 0.237. The lowest BCUT2D eigenvalue weighted by Gasteiger charge is -2.29. The number of allylic oxidation sites excluding steroid dienone is 1. The summed E-state index contributed by atoms with van der Waals surface area (Å²) in [6.07, 6.45) is 3.40. The van der Waals surface area contributed by atoms with Gasteiger partial charge < -0.3 is 0 Å². The third kappa shape index (κ3) is 7.20. The summed E-state index contributed by atoms with van der Waals surface area (Å²) in [6.45, 7) is 0. The van der Waals surface area contributed by atoms with E-state index in [2.05, 4.69) is 212 Å². The van der Waals surface area contributed by atoms with Crippen LogP contribution in [0.3, 0.4) is 0 Å². The molecule has 0 bridgehead atoms. The van der Waals surface area contributed by atoms with Gasteiger partial charge >= 0.3 is 0 Å². The Labute approximate surface area is 362 Å². The van der Waals surface area contributed by atoms with Gasteiger partial charge in [-0.25, -0.2) is 15.0 Å². The van der Waals surface area contributed by atoms with E-state index in [1.807, 2.05) is 18.2 Å². The zero-order valence-electron chi connectivity index (χ0n) is 34.1. The first-order valence-electron chi connectivity index (χ1n) is 21.3. The highest BCUT2D eigenvalue weighted by Gasteiger charge is 2.27. The molecule has 0 N–H and O–H groups in total. The molecule has 0 aliphatic heterocycles. The van der Waals surface area contributed by atoms with E-state index in [4.69, 9.17) is 15.0 Å². The van der Waals surface area contributed by atoms with Crippen molar-refractivity contribution in [2.45, 2.75) is 12.3 Å². The Kier molecular flexibility index (Phi) is 9.68. The van der Waals surface area contributed by atoms with E-state index in [0.717, 1.165) is 50.9 Å². The second-order valence-electron chi connectivity index (χ2n) is 15.9. The van der Waals surface area contributed by atoms with E-state index in [1.165, 1.54) is 44.2 Å². The molecule has 0 radical (unpaired) electrons. The van der Waals surface area contributed by atoms with E-state index >= 15 is 0 Å². The number of rotatable bonds is 8. The number of aromatic nitrogens is 3. The average molecular weight is 792 g/mol. The van der Waals surface area contributed by atoms with Gasteiger partial charge in [-0.05, 0) is 103 Å². The van der Waals surface area contributed by atoms with Crippen LogP contribution in [0.25, 0.3) is 83.9 Å². The molecule has 1 atom stereocenters. The van der Waals surface area contributed by atoms with Crippen molar-refractivity contribution in [2.24, 2.45) is 0 Å². The molecule has 1 heterocycles. The van der Waals surface area contributed by atoms with Crippen molar-refractivity contribution >= 4 is 16.3 Å². The van der Waals surface area contributed by atoms with Crippen LogP contribution in [0.4, 0.5) is 0 Å². The molecule has 1 aromatic heterocycles. The predicted octanol–water partition coefficient (Wildman–Crippen LogP) is 14.8. The lowest BCUT2D eigenvalue weighted by molar-refractivity contribution is 0.825. The van der Waals surface area contributed by atoms with Gasteiger partial charge in [0.15, 0.2) is 17.5 Å². The van der Waals surface area contributed by atoms with Crippen LogP contribution in [0.2, 0.25) is 0 Å². The van der Waals surface area contributed by atoms with Gasteiger partial charge in [-0.15, -0.1) is 0 Å². The van der Waals surface area contributed by atoms with Crippen LogP contribution in [0.5, 0.6) is 0 Å². The lowest BCUT2D eigenvalue weighted by atomic mass is 9.75. The fraction of sp³-hybridized carbons (Fsp3) is 0.0339. The van der Waals surface area contributed by atoms with E-state index in [0.29, 0.717) is 17.5 Å². The fourth-order valence-corrected chi connectivity index (χ4v) is 9.00. The summed E-state index contributed by atoms with van der Waals surface area (Å²) in [4.78, 5) is 15.5. The number of hydrogen-bond donors (Lipinski definition) is 0. The number of hydrogen-bond acceptors (Lipinski definition) is 3. The zero-order chi connectivity index (χ0) is 41.2. The molecule has 0 fully saturated rings. The molecule has 9 aromatic carbocycles. The minimum Gasteiger partial charge on any atom is -0.208 e. The molecule has 1 unspecified atom stereocenters. The molecule has 0 saturated heterocycles. The maximum atomic E-state index is 5.24. The maximum Gasteiger partial charge on any atom is 0.164 e. The molecule has 62 heavy (non-hydrogen) atoms. The minimum absolute atomic E-state index is 0.237. The molecule has 3 nitrogen and oxygen atoms in total. The Morgan fingerprint density at radius 1 is 0.339 bits per heavy atom. The van der Waals surface area contributed by atoms with Gasteiger partial charge in [0.25, 0.3) is 0 Å². The molecular weight excluding hydrogens is 751 g/mol. The summed E-state index contributed by atoms with van der Waals surface area (Å²) in [5.74, 6) is 2.13. The molecule has 11 rings (SSSR count). The van der Waals surface area contributed by atoms with Crippen LogP contribution in [0.15, 0.2) is 231 Å². The van der Waals surface area contributed by atoms with Crippen LogP contribution in [0.1, 0.15) is 28.2 Å². The zero-order valence-corrected chi connectivity index (χ0v) is 34.1. The van der Waals surface area contributed by atoms with E-state index in [-0.39, 0.29) is 5.92 Å². The SMILES string of the molecule is C1=C(c2ccccc2)c2c(c(-c3ccc(-c4nc(-c5ccccc5)nc(-c5cc(-c6ccccc6)cc(-c6ccccc6)c5)n4)cc3)cc3ccccc23)CC1c1ccccc1. The quantitative estimate of drug-likeness (QED) is 0.154. The molecule has 3 heteroatoms. The largest absolute Gasteiger partial charge is 0.208 e. The number of fused-ring (bicyclic) bond motifs is 3.